The van der Waals surface area contributed by atoms with Gasteiger partial charge in [0.2, 0.25) is 0 Å². The van der Waals surface area contributed by atoms with Crippen molar-refractivity contribution in [2.45, 2.75) is 0 Å². The van der Waals surface area contributed by atoms with Crippen LogP contribution in [-0.4, -0.2) is 25.9 Å². The van der Waals surface area contributed by atoms with Crippen LogP contribution in [0, 0.1) is 0 Å². The molecule has 0 spiro atoms. The zero-order valence-corrected chi connectivity index (χ0v) is 17.4. The summed E-state index contributed by atoms with van der Waals surface area (Å²) < 4.78 is 0. The van der Waals surface area contributed by atoms with Crippen molar-refractivity contribution in [2.75, 3.05) is 29.2 Å². The Morgan fingerprint density at radius 3 is 2.17 bits per heavy atom. The minimum absolute atomic E-state index is 0.240. The maximum atomic E-state index is 13.3. The largest absolute Gasteiger partial charge is 0.378 e. The van der Waals surface area contributed by atoms with Crippen LogP contribution in [0.15, 0.2) is 84.6 Å². The molecule has 0 fully saturated rings. The van der Waals surface area contributed by atoms with Gasteiger partial charge in [0.25, 0.3) is 11.8 Å². The third-order valence-corrected chi connectivity index (χ3v) is 5.10. The highest BCUT2D eigenvalue weighted by Gasteiger charge is 2.40. The molecule has 4 rings (SSSR count). The van der Waals surface area contributed by atoms with Crippen molar-refractivity contribution in [3.63, 3.8) is 0 Å². The molecule has 150 valence electrons. The molecule has 0 bridgehead atoms. The Kier molecular flexibility index (Phi) is 5.29. The van der Waals surface area contributed by atoms with Crippen LogP contribution in [0.4, 0.5) is 17.1 Å². The number of rotatable bonds is 5. The van der Waals surface area contributed by atoms with Crippen molar-refractivity contribution in [2.24, 2.45) is 0 Å². The Hall–Kier alpha value is -3.57. The predicted molar refractivity (Wildman–Crippen MR) is 122 cm³/mol. The van der Waals surface area contributed by atoms with Crippen LogP contribution in [0.1, 0.15) is 5.56 Å². The van der Waals surface area contributed by atoms with E-state index in [1.54, 1.807) is 24.3 Å². The summed E-state index contributed by atoms with van der Waals surface area (Å²) in [7, 11) is 3.92. The van der Waals surface area contributed by atoms with Crippen molar-refractivity contribution >= 4 is 46.1 Å². The van der Waals surface area contributed by atoms with E-state index < -0.39 is 5.91 Å². The zero-order valence-electron chi connectivity index (χ0n) is 16.6. The third-order valence-electron chi connectivity index (χ3n) is 4.87. The molecule has 1 heterocycles. The molecule has 5 nitrogen and oxygen atoms in total. The van der Waals surface area contributed by atoms with Crippen molar-refractivity contribution in [1.82, 2.24) is 0 Å². The standard InChI is InChI=1S/C24H20ClN3O2/c1-27(2)19-13-11-18(12-14-19)26-22-21(16-7-4-3-5-8-16)23(29)28(24(22)30)20-10-6-9-17(25)15-20/h3-15,26H,1-2H3. The molecule has 1 aliphatic rings. The summed E-state index contributed by atoms with van der Waals surface area (Å²) >= 11 is 6.10. The van der Waals surface area contributed by atoms with Gasteiger partial charge in [-0.1, -0.05) is 48.0 Å². The van der Waals surface area contributed by atoms with E-state index in [2.05, 4.69) is 5.32 Å². The van der Waals surface area contributed by atoms with E-state index >= 15 is 0 Å². The fraction of sp³-hybridized carbons (Fsp3) is 0.0833. The molecular formula is C24H20ClN3O2. The average molecular weight is 418 g/mol. The highest BCUT2D eigenvalue weighted by Crippen LogP contribution is 2.34. The van der Waals surface area contributed by atoms with Gasteiger partial charge in [-0.05, 0) is 48.0 Å². The number of carbonyl (C=O) groups excluding carboxylic acids is 2. The van der Waals surface area contributed by atoms with Crippen LogP contribution in [0.25, 0.3) is 5.57 Å². The van der Waals surface area contributed by atoms with E-state index in [0.717, 1.165) is 16.3 Å². The SMILES string of the molecule is CN(C)c1ccc(NC2=C(c3ccccc3)C(=O)N(c3cccc(Cl)c3)C2=O)cc1. The Morgan fingerprint density at radius 1 is 0.833 bits per heavy atom. The van der Waals surface area contributed by atoms with Gasteiger partial charge in [-0.3, -0.25) is 9.59 Å². The number of imide groups is 1. The first kappa shape index (κ1) is 19.7. The molecular weight excluding hydrogens is 398 g/mol. The minimum atomic E-state index is -0.419. The molecule has 0 aliphatic carbocycles. The monoisotopic (exact) mass is 417 g/mol. The van der Waals surface area contributed by atoms with Gasteiger partial charge < -0.3 is 10.2 Å². The highest BCUT2D eigenvalue weighted by molar-refractivity contribution is 6.46. The van der Waals surface area contributed by atoms with Gasteiger partial charge in [0, 0.05) is 30.5 Å². The lowest BCUT2D eigenvalue weighted by atomic mass is 10.0. The van der Waals surface area contributed by atoms with Gasteiger partial charge in [0.05, 0.1) is 11.3 Å². The molecule has 0 saturated heterocycles. The molecule has 0 unspecified atom stereocenters. The van der Waals surface area contributed by atoms with Crippen molar-refractivity contribution in [1.29, 1.82) is 0 Å². The predicted octanol–water partition coefficient (Wildman–Crippen LogP) is 4.80. The number of hydrogen-bond donors (Lipinski definition) is 1. The normalized spacial score (nSPS) is 13.8. The summed E-state index contributed by atoms with van der Waals surface area (Å²) in [5.74, 6) is -0.807. The summed E-state index contributed by atoms with van der Waals surface area (Å²) in [6.45, 7) is 0. The van der Waals surface area contributed by atoms with Gasteiger partial charge in [-0.2, -0.15) is 0 Å². The molecule has 0 aromatic heterocycles. The second-order valence-corrected chi connectivity index (χ2v) is 7.54. The fourth-order valence-corrected chi connectivity index (χ4v) is 3.54. The second-order valence-electron chi connectivity index (χ2n) is 7.11. The first-order valence-corrected chi connectivity index (χ1v) is 9.82. The van der Waals surface area contributed by atoms with E-state index in [-0.39, 0.29) is 11.6 Å². The van der Waals surface area contributed by atoms with Crippen LogP contribution in [0.2, 0.25) is 5.02 Å². The van der Waals surface area contributed by atoms with Gasteiger partial charge in [0.15, 0.2) is 0 Å². The van der Waals surface area contributed by atoms with Gasteiger partial charge in [-0.25, -0.2) is 4.90 Å². The van der Waals surface area contributed by atoms with E-state index in [1.165, 1.54) is 0 Å². The summed E-state index contributed by atoms with van der Waals surface area (Å²) in [6, 6.07) is 23.5. The number of halogens is 1. The molecule has 0 saturated carbocycles. The summed E-state index contributed by atoms with van der Waals surface area (Å²) in [6.07, 6.45) is 0. The van der Waals surface area contributed by atoms with Crippen LogP contribution in [0.5, 0.6) is 0 Å². The molecule has 0 radical (unpaired) electrons. The molecule has 6 heteroatoms. The molecule has 3 aromatic carbocycles. The number of benzene rings is 3. The maximum absolute atomic E-state index is 13.3. The topological polar surface area (TPSA) is 52.7 Å². The Morgan fingerprint density at radius 2 is 1.53 bits per heavy atom. The summed E-state index contributed by atoms with van der Waals surface area (Å²) in [5, 5.41) is 3.62. The lowest BCUT2D eigenvalue weighted by molar-refractivity contribution is -0.120. The molecule has 3 aromatic rings. The van der Waals surface area contributed by atoms with Crippen LogP contribution < -0.4 is 15.1 Å². The quantitative estimate of drug-likeness (QED) is 0.606. The molecule has 1 aliphatic heterocycles. The summed E-state index contributed by atoms with van der Waals surface area (Å²) in [5.41, 5.74) is 3.44. The molecule has 2 amide bonds. The molecule has 1 N–H and O–H groups in total. The minimum Gasteiger partial charge on any atom is -0.378 e. The smallest absolute Gasteiger partial charge is 0.282 e. The number of hydrogen-bond acceptors (Lipinski definition) is 4. The molecule has 0 atom stereocenters. The van der Waals surface area contributed by atoms with Crippen molar-refractivity contribution in [3.8, 4) is 0 Å². The van der Waals surface area contributed by atoms with Crippen LogP contribution in [-0.2, 0) is 9.59 Å². The first-order chi connectivity index (χ1) is 14.5. The second kappa shape index (κ2) is 8.05. The van der Waals surface area contributed by atoms with Gasteiger partial charge in [0.1, 0.15) is 5.70 Å². The average Bonchev–Trinajstić information content (AvgIpc) is 2.98. The maximum Gasteiger partial charge on any atom is 0.282 e. The van der Waals surface area contributed by atoms with E-state index in [0.29, 0.717) is 21.8 Å². The Bertz CT molecular complexity index is 1140. The van der Waals surface area contributed by atoms with Gasteiger partial charge in [-0.15, -0.1) is 0 Å². The molecule has 30 heavy (non-hydrogen) atoms. The van der Waals surface area contributed by atoms with E-state index in [4.69, 9.17) is 11.6 Å². The lowest BCUT2D eigenvalue weighted by Gasteiger charge is -2.16. The fourth-order valence-electron chi connectivity index (χ4n) is 3.36. The van der Waals surface area contributed by atoms with Crippen LogP contribution >= 0.6 is 11.6 Å². The van der Waals surface area contributed by atoms with E-state index in [1.807, 2.05) is 73.6 Å². The Balaban J connectivity index is 1.77. The van der Waals surface area contributed by atoms with E-state index in [9.17, 15) is 9.59 Å². The number of nitrogens with one attached hydrogen (secondary N) is 1. The van der Waals surface area contributed by atoms with Gasteiger partial charge >= 0.3 is 0 Å². The number of anilines is 3. The number of carbonyl (C=O) groups is 2. The van der Waals surface area contributed by atoms with Crippen molar-refractivity contribution < 1.29 is 9.59 Å². The van der Waals surface area contributed by atoms with Crippen LogP contribution in [0.3, 0.4) is 0 Å². The first-order valence-electron chi connectivity index (χ1n) is 9.44. The highest BCUT2D eigenvalue weighted by atomic mass is 35.5. The summed E-state index contributed by atoms with van der Waals surface area (Å²) in [4.78, 5) is 29.8. The lowest BCUT2D eigenvalue weighted by Crippen LogP contribution is -2.32. The Labute approximate surface area is 180 Å². The third kappa shape index (κ3) is 3.67. The zero-order chi connectivity index (χ0) is 21.3. The van der Waals surface area contributed by atoms with Crippen molar-refractivity contribution in [3.05, 3.63) is 95.1 Å². The number of nitrogens with zero attached hydrogens (tertiary/aromatic N) is 2. The number of amides is 2.